The molecule has 0 saturated heterocycles. The molecule has 0 saturated carbocycles. The van der Waals surface area contributed by atoms with Gasteiger partial charge in [0.15, 0.2) is 34.7 Å². The van der Waals surface area contributed by atoms with E-state index in [9.17, 15) is 26.7 Å². The van der Waals surface area contributed by atoms with Crippen LogP contribution in [0.2, 0.25) is 0 Å². The van der Waals surface area contributed by atoms with Crippen molar-refractivity contribution in [3.8, 4) is 17.2 Å². The van der Waals surface area contributed by atoms with Crippen LogP contribution >= 0.6 is 0 Å². The van der Waals surface area contributed by atoms with Gasteiger partial charge >= 0.3 is 5.97 Å². The van der Waals surface area contributed by atoms with Gasteiger partial charge in [0, 0.05) is 0 Å². The molecule has 0 amide bonds. The third-order valence-electron chi connectivity index (χ3n) is 6.30. The largest absolute Gasteiger partial charge is 0.491 e. The second-order valence-corrected chi connectivity index (χ2v) is 8.62. The summed E-state index contributed by atoms with van der Waals surface area (Å²) in [5, 5.41) is 0. The smallest absolute Gasteiger partial charge is 0.346 e. The van der Waals surface area contributed by atoms with Gasteiger partial charge < -0.3 is 14.2 Å². The molecule has 0 N–H and O–H groups in total. The van der Waals surface area contributed by atoms with Gasteiger partial charge in [-0.05, 0) is 86.1 Å². The van der Waals surface area contributed by atoms with Gasteiger partial charge in [-0.3, -0.25) is 0 Å². The second kappa shape index (κ2) is 11.7. The number of rotatable bonds is 8. The van der Waals surface area contributed by atoms with Crippen molar-refractivity contribution in [3.63, 3.8) is 0 Å². The molecule has 0 radical (unpaired) electrons. The fourth-order valence-electron chi connectivity index (χ4n) is 4.40. The molecule has 1 unspecified atom stereocenters. The van der Waals surface area contributed by atoms with Crippen LogP contribution in [0.5, 0.6) is 17.2 Å². The molecule has 0 aliphatic heterocycles. The summed E-state index contributed by atoms with van der Waals surface area (Å²) < 4.78 is 87.0. The minimum absolute atomic E-state index is 0.103. The maximum absolute atomic E-state index is 14.8. The van der Waals surface area contributed by atoms with Crippen molar-refractivity contribution in [2.24, 2.45) is 0 Å². The van der Waals surface area contributed by atoms with E-state index in [4.69, 9.17) is 14.2 Å². The van der Waals surface area contributed by atoms with Crippen LogP contribution in [0.15, 0.2) is 48.5 Å². The highest BCUT2D eigenvalue weighted by molar-refractivity contribution is 5.91. The summed E-state index contributed by atoms with van der Waals surface area (Å²) in [7, 11) is 0. The summed E-state index contributed by atoms with van der Waals surface area (Å²) in [6.07, 6.45) is 3.24. The van der Waals surface area contributed by atoms with Gasteiger partial charge in [0.05, 0.1) is 18.8 Å². The Labute approximate surface area is 216 Å². The number of ether oxygens (including phenoxy) is 3. The Kier molecular flexibility index (Phi) is 8.34. The van der Waals surface area contributed by atoms with E-state index in [1.54, 1.807) is 13.8 Å². The molecule has 0 aromatic heterocycles. The molecule has 38 heavy (non-hydrogen) atoms. The lowest BCUT2D eigenvalue weighted by atomic mass is 9.82. The van der Waals surface area contributed by atoms with E-state index < -0.39 is 46.4 Å². The van der Waals surface area contributed by atoms with Gasteiger partial charge in [-0.15, -0.1) is 0 Å². The molecule has 1 atom stereocenters. The summed E-state index contributed by atoms with van der Waals surface area (Å²) in [6.45, 7) is 3.60. The maximum atomic E-state index is 14.8. The van der Waals surface area contributed by atoms with Crippen LogP contribution in [0.25, 0.3) is 5.57 Å². The van der Waals surface area contributed by atoms with Crippen molar-refractivity contribution >= 4 is 11.5 Å². The van der Waals surface area contributed by atoms with Crippen LogP contribution < -0.4 is 14.2 Å². The van der Waals surface area contributed by atoms with Crippen molar-refractivity contribution < 1.29 is 41.0 Å². The monoisotopic (exact) mass is 532 g/mol. The molecule has 0 bridgehead atoms. The van der Waals surface area contributed by atoms with Gasteiger partial charge in [0.2, 0.25) is 11.6 Å². The maximum Gasteiger partial charge on any atom is 0.346 e. The fraction of sp³-hybridized carbons (Fsp3) is 0.276. The zero-order valence-electron chi connectivity index (χ0n) is 20.8. The van der Waals surface area contributed by atoms with Gasteiger partial charge in [0.1, 0.15) is 0 Å². The van der Waals surface area contributed by atoms with Crippen LogP contribution in [0.1, 0.15) is 60.5 Å². The quantitative estimate of drug-likeness (QED) is 0.169. The second-order valence-electron chi connectivity index (χ2n) is 8.62. The highest BCUT2D eigenvalue weighted by atomic mass is 19.2. The van der Waals surface area contributed by atoms with Crippen LogP contribution in [-0.2, 0) is 0 Å². The SMILES string of the molecule is CCOc1ccc(C(=O)Oc2ccc(C3=CCC(c4ccc(OCC)c(F)c4F)CC3)cc2F)c(F)c1F. The van der Waals surface area contributed by atoms with Gasteiger partial charge in [-0.25, -0.2) is 18.0 Å². The van der Waals surface area contributed by atoms with Gasteiger partial charge in [0.25, 0.3) is 0 Å². The number of allylic oxidation sites excluding steroid dienone is 2. The molecule has 200 valence electrons. The minimum atomic E-state index is -1.45. The summed E-state index contributed by atoms with van der Waals surface area (Å²) in [5.74, 6) is -8.06. The van der Waals surface area contributed by atoms with Crippen molar-refractivity contribution in [2.75, 3.05) is 13.2 Å². The Balaban J connectivity index is 1.46. The number of esters is 1. The van der Waals surface area contributed by atoms with E-state index in [0.29, 0.717) is 24.8 Å². The highest BCUT2D eigenvalue weighted by Gasteiger charge is 2.25. The van der Waals surface area contributed by atoms with E-state index in [1.165, 1.54) is 30.3 Å². The molecule has 1 aliphatic carbocycles. The predicted molar refractivity (Wildman–Crippen MR) is 131 cm³/mol. The lowest BCUT2D eigenvalue weighted by molar-refractivity contribution is 0.0721. The average Bonchev–Trinajstić information content (AvgIpc) is 2.91. The zero-order valence-corrected chi connectivity index (χ0v) is 20.8. The van der Waals surface area contributed by atoms with Gasteiger partial charge in [-0.2, -0.15) is 8.78 Å². The van der Waals surface area contributed by atoms with Crippen molar-refractivity contribution in [1.82, 2.24) is 0 Å². The molecule has 3 aromatic rings. The molecular weight excluding hydrogens is 507 g/mol. The van der Waals surface area contributed by atoms with Crippen LogP contribution in [0, 0.1) is 29.1 Å². The van der Waals surface area contributed by atoms with E-state index in [2.05, 4.69) is 0 Å². The van der Waals surface area contributed by atoms with E-state index >= 15 is 0 Å². The van der Waals surface area contributed by atoms with E-state index in [0.717, 1.165) is 17.7 Å². The lowest BCUT2D eigenvalue weighted by Gasteiger charge is -2.23. The molecule has 0 heterocycles. The Morgan fingerprint density at radius 2 is 1.45 bits per heavy atom. The number of hydrogen-bond acceptors (Lipinski definition) is 4. The average molecular weight is 533 g/mol. The van der Waals surface area contributed by atoms with Crippen LogP contribution in [0.4, 0.5) is 22.0 Å². The van der Waals surface area contributed by atoms with Gasteiger partial charge in [-0.1, -0.05) is 18.2 Å². The predicted octanol–water partition coefficient (Wildman–Crippen LogP) is 7.75. The number of benzene rings is 3. The summed E-state index contributed by atoms with van der Waals surface area (Å²) in [4.78, 5) is 12.4. The molecule has 0 spiro atoms. The van der Waals surface area contributed by atoms with Crippen molar-refractivity contribution in [1.29, 1.82) is 0 Å². The standard InChI is InChI=1S/C29H25F5O4/c1-3-36-23-13-10-19(25(31)27(23)33)17-7-5-16(6-8-17)18-9-12-22(21(30)15-18)38-29(35)20-11-14-24(37-4-2)28(34)26(20)32/h5,9-15,17H,3-4,6-8H2,1-2H3. The van der Waals surface area contributed by atoms with E-state index in [-0.39, 0.29) is 36.2 Å². The minimum Gasteiger partial charge on any atom is -0.491 e. The summed E-state index contributed by atoms with van der Waals surface area (Å²) >= 11 is 0. The molecular formula is C29H25F5O4. The first-order valence-corrected chi connectivity index (χ1v) is 12.2. The first-order chi connectivity index (χ1) is 18.2. The molecule has 4 rings (SSSR count). The molecule has 1 aliphatic rings. The fourth-order valence-corrected chi connectivity index (χ4v) is 4.40. The molecule has 9 heteroatoms. The molecule has 4 nitrogen and oxygen atoms in total. The third kappa shape index (κ3) is 5.51. The zero-order chi connectivity index (χ0) is 27.4. The van der Waals surface area contributed by atoms with Crippen LogP contribution in [-0.4, -0.2) is 19.2 Å². The number of halogens is 5. The highest BCUT2D eigenvalue weighted by Crippen LogP contribution is 2.39. The number of carbonyl (C=O) groups excluding carboxylic acids is 1. The Bertz CT molecular complexity index is 1390. The molecule has 3 aromatic carbocycles. The molecule has 0 fully saturated rings. The summed E-state index contributed by atoms with van der Waals surface area (Å²) in [6, 6.07) is 8.95. The number of hydrogen-bond donors (Lipinski definition) is 0. The van der Waals surface area contributed by atoms with E-state index in [1.807, 2.05) is 6.08 Å². The van der Waals surface area contributed by atoms with Crippen molar-refractivity contribution in [3.05, 3.63) is 94.3 Å². The normalized spacial score (nSPS) is 15.1. The number of carbonyl (C=O) groups is 1. The summed E-state index contributed by atoms with van der Waals surface area (Å²) in [5.41, 5.74) is 0.878. The lowest BCUT2D eigenvalue weighted by Crippen LogP contribution is -2.13. The first kappa shape index (κ1) is 27.2. The topological polar surface area (TPSA) is 44.8 Å². The Morgan fingerprint density at radius 3 is 2.05 bits per heavy atom. The Hall–Kier alpha value is -3.88. The Morgan fingerprint density at radius 1 is 0.816 bits per heavy atom. The third-order valence-corrected chi connectivity index (χ3v) is 6.30. The van der Waals surface area contributed by atoms with Crippen molar-refractivity contribution in [2.45, 2.75) is 39.0 Å². The van der Waals surface area contributed by atoms with Crippen LogP contribution in [0.3, 0.4) is 0 Å². The first-order valence-electron chi connectivity index (χ1n) is 12.2.